The number of anilines is 3. The third kappa shape index (κ3) is 6.06. The van der Waals surface area contributed by atoms with Crippen molar-refractivity contribution >= 4 is 70.5 Å². The van der Waals surface area contributed by atoms with Gasteiger partial charge in [-0.15, -0.1) is 11.3 Å². The summed E-state index contributed by atoms with van der Waals surface area (Å²) in [7, 11) is 0. The average molecular weight is 746 g/mol. The minimum Gasteiger partial charge on any atom is -0.456 e. The van der Waals surface area contributed by atoms with Crippen molar-refractivity contribution in [3.63, 3.8) is 0 Å². The Morgan fingerprint density at radius 1 is 0.281 bits per heavy atom. The van der Waals surface area contributed by atoms with E-state index in [1.165, 1.54) is 53.6 Å². The van der Waals surface area contributed by atoms with E-state index < -0.39 is 0 Å². The zero-order chi connectivity index (χ0) is 37.7. The van der Waals surface area contributed by atoms with Crippen LogP contribution in [0.2, 0.25) is 0 Å². The van der Waals surface area contributed by atoms with Crippen molar-refractivity contribution in [2.75, 3.05) is 4.90 Å². The molecule has 57 heavy (non-hydrogen) atoms. The summed E-state index contributed by atoms with van der Waals surface area (Å²) in [6, 6.07) is 76.5. The van der Waals surface area contributed by atoms with E-state index in [1.807, 2.05) is 23.5 Å². The van der Waals surface area contributed by atoms with Gasteiger partial charge in [-0.3, -0.25) is 0 Å². The lowest BCUT2D eigenvalue weighted by Crippen LogP contribution is -2.10. The molecular weight excluding hydrogens is 711 g/mol. The number of thiophene rings is 1. The molecule has 9 aromatic carbocycles. The molecule has 0 aliphatic heterocycles. The van der Waals surface area contributed by atoms with Crippen molar-refractivity contribution in [2.45, 2.75) is 0 Å². The van der Waals surface area contributed by atoms with E-state index in [4.69, 9.17) is 4.42 Å². The van der Waals surface area contributed by atoms with Crippen LogP contribution in [0.25, 0.3) is 86.6 Å². The van der Waals surface area contributed by atoms with Crippen LogP contribution in [-0.4, -0.2) is 0 Å². The summed E-state index contributed by atoms with van der Waals surface area (Å²) in [4.78, 5) is 2.36. The van der Waals surface area contributed by atoms with Gasteiger partial charge in [-0.1, -0.05) is 140 Å². The maximum atomic E-state index is 6.16. The molecule has 0 fully saturated rings. The van der Waals surface area contributed by atoms with Crippen molar-refractivity contribution in [1.82, 2.24) is 0 Å². The lowest BCUT2D eigenvalue weighted by molar-refractivity contribution is 0.669. The lowest BCUT2D eigenvalue weighted by Gasteiger charge is -2.26. The molecule has 3 heteroatoms. The highest BCUT2D eigenvalue weighted by molar-refractivity contribution is 7.25. The SMILES string of the molecule is c1ccc(-c2ccc(-c3ccc(N(c4ccc(-c5ccc6sc7ccccc7c6c5)cc4)c4cccc(-c5ccc6oc7ccccc7c6c5)c4)cc3)cc2)cc1. The molecule has 0 aliphatic rings. The van der Waals surface area contributed by atoms with Crippen LogP contribution in [0, 0.1) is 0 Å². The van der Waals surface area contributed by atoms with Gasteiger partial charge in [0.2, 0.25) is 0 Å². The molecule has 0 saturated carbocycles. The fourth-order valence-electron chi connectivity index (χ4n) is 8.17. The van der Waals surface area contributed by atoms with Crippen LogP contribution in [0.3, 0.4) is 0 Å². The molecule has 0 saturated heterocycles. The van der Waals surface area contributed by atoms with Gasteiger partial charge in [0.15, 0.2) is 0 Å². The molecule has 0 atom stereocenters. The quantitative estimate of drug-likeness (QED) is 0.162. The maximum absolute atomic E-state index is 6.16. The number of fused-ring (bicyclic) bond motifs is 6. The van der Waals surface area contributed by atoms with Gasteiger partial charge in [0.1, 0.15) is 11.2 Å². The van der Waals surface area contributed by atoms with Gasteiger partial charge in [-0.05, 0) is 117 Å². The summed E-state index contributed by atoms with van der Waals surface area (Å²) in [6.45, 7) is 0. The van der Waals surface area contributed by atoms with Crippen LogP contribution in [0.4, 0.5) is 17.1 Å². The highest BCUT2D eigenvalue weighted by Crippen LogP contribution is 2.41. The summed E-state index contributed by atoms with van der Waals surface area (Å²) >= 11 is 1.86. The molecule has 2 heterocycles. The molecule has 0 amide bonds. The molecule has 0 N–H and O–H groups in total. The van der Waals surface area contributed by atoms with Crippen LogP contribution in [-0.2, 0) is 0 Å². The van der Waals surface area contributed by atoms with Gasteiger partial charge in [0, 0.05) is 48.0 Å². The summed E-state index contributed by atoms with van der Waals surface area (Å²) in [5, 5.41) is 4.89. The molecule has 2 aromatic heterocycles. The van der Waals surface area contributed by atoms with E-state index in [9.17, 15) is 0 Å². The van der Waals surface area contributed by atoms with Crippen molar-refractivity contribution in [1.29, 1.82) is 0 Å². The molecule has 0 unspecified atom stereocenters. The summed E-state index contributed by atoms with van der Waals surface area (Å²) < 4.78 is 8.80. The van der Waals surface area contributed by atoms with Crippen molar-refractivity contribution in [3.05, 3.63) is 212 Å². The first-order valence-electron chi connectivity index (χ1n) is 19.3. The van der Waals surface area contributed by atoms with Crippen LogP contribution in [0.15, 0.2) is 217 Å². The van der Waals surface area contributed by atoms with Gasteiger partial charge in [-0.25, -0.2) is 0 Å². The second kappa shape index (κ2) is 13.8. The Kier molecular flexibility index (Phi) is 8.04. The van der Waals surface area contributed by atoms with E-state index in [0.717, 1.165) is 50.1 Å². The predicted octanol–water partition coefficient (Wildman–Crippen LogP) is 16.1. The van der Waals surface area contributed by atoms with Crippen LogP contribution in [0.5, 0.6) is 0 Å². The second-order valence-electron chi connectivity index (χ2n) is 14.5. The van der Waals surface area contributed by atoms with Crippen molar-refractivity contribution in [2.24, 2.45) is 0 Å². The number of furan rings is 1. The number of nitrogens with zero attached hydrogens (tertiary/aromatic N) is 1. The molecule has 11 aromatic rings. The second-order valence-corrected chi connectivity index (χ2v) is 15.6. The Morgan fingerprint density at radius 3 is 1.49 bits per heavy atom. The van der Waals surface area contributed by atoms with Crippen LogP contribution >= 0.6 is 11.3 Å². The number of hydrogen-bond acceptors (Lipinski definition) is 3. The Bertz CT molecular complexity index is 3210. The monoisotopic (exact) mass is 745 g/mol. The van der Waals surface area contributed by atoms with Crippen molar-refractivity contribution in [3.8, 4) is 44.5 Å². The molecule has 11 rings (SSSR count). The van der Waals surface area contributed by atoms with E-state index in [0.29, 0.717) is 0 Å². The highest BCUT2D eigenvalue weighted by Gasteiger charge is 2.16. The zero-order valence-electron chi connectivity index (χ0n) is 31.0. The number of hydrogen-bond donors (Lipinski definition) is 0. The summed E-state index contributed by atoms with van der Waals surface area (Å²) in [6.07, 6.45) is 0. The van der Waals surface area contributed by atoms with E-state index in [-0.39, 0.29) is 0 Å². The third-order valence-electron chi connectivity index (χ3n) is 11.1. The molecule has 0 radical (unpaired) electrons. The van der Waals surface area contributed by atoms with Gasteiger partial charge in [0.05, 0.1) is 0 Å². The van der Waals surface area contributed by atoms with Gasteiger partial charge in [0.25, 0.3) is 0 Å². The number of benzene rings is 9. The molecule has 0 bridgehead atoms. The van der Waals surface area contributed by atoms with Crippen molar-refractivity contribution < 1.29 is 4.42 Å². The van der Waals surface area contributed by atoms with Crippen LogP contribution < -0.4 is 4.90 Å². The fourth-order valence-corrected chi connectivity index (χ4v) is 9.26. The largest absolute Gasteiger partial charge is 0.456 e. The Labute approximate surface area is 335 Å². The molecule has 268 valence electrons. The van der Waals surface area contributed by atoms with Gasteiger partial charge < -0.3 is 9.32 Å². The standard InChI is InChI=1S/C54H35NOS/c1-2-9-36(10-3-1)37-17-19-38(20-18-37)39-21-27-44(28-22-39)55(45-29-23-40(24-30-45)42-26-32-54-50(35-42)48-14-5-7-16-53(48)57-54)46-12-8-11-41(33-46)43-25-31-52-49(34-43)47-13-4-6-15-51(47)56-52/h1-35H. The maximum Gasteiger partial charge on any atom is 0.135 e. The number of para-hydroxylation sites is 1. The Balaban J connectivity index is 0.976. The average Bonchev–Trinajstić information content (AvgIpc) is 3.85. The molecular formula is C54H35NOS. The van der Waals surface area contributed by atoms with Gasteiger partial charge >= 0.3 is 0 Å². The topological polar surface area (TPSA) is 16.4 Å². The molecule has 0 spiro atoms. The fraction of sp³-hybridized carbons (Fsp3) is 0. The third-order valence-corrected chi connectivity index (χ3v) is 12.3. The first-order valence-corrected chi connectivity index (χ1v) is 20.1. The highest BCUT2D eigenvalue weighted by atomic mass is 32.1. The predicted molar refractivity (Wildman–Crippen MR) is 243 cm³/mol. The van der Waals surface area contributed by atoms with E-state index in [1.54, 1.807) is 0 Å². The zero-order valence-corrected chi connectivity index (χ0v) is 31.8. The minimum absolute atomic E-state index is 0.902. The van der Waals surface area contributed by atoms with Gasteiger partial charge in [-0.2, -0.15) is 0 Å². The normalized spacial score (nSPS) is 11.5. The lowest BCUT2D eigenvalue weighted by atomic mass is 9.99. The first kappa shape index (κ1) is 33.2. The van der Waals surface area contributed by atoms with E-state index >= 15 is 0 Å². The first-order chi connectivity index (χ1) is 28.2. The van der Waals surface area contributed by atoms with E-state index in [2.05, 4.69) is 205 Å². The Morgan fingerprint density at radius 2 is 0.754 bits per heavy atom. The smallest absolute Gasteiger partial charge is 0.135 e. The summed E-state index contributed by atoms with van der Waals surface area (Å²) in [5.74, 6) is 0. The van der Waals surface area contributed by atoms with Crippen LogP contribution in [0.1, 0.15) is 0 Å². The molecule has 0 aliphatic carbocycles. The summed E-state index contributed by atoms with van der Waals surface area (Å²) in [5.41, 5.74) is 14.6. The minimum atomic E-state index is 0.902. The number of rotatable bonds is 7. The molecule has 2 nitrogen and oxygen atoms in total. The Hall–Kier alpha value is -7.20.